The van der Waals surface area contributed by atoms with Crippen molar-refractivity contribution in [1.29, 1.82) is 0 Å². The Kier molecular flexibility index (Phi) is 2.97. The second-order valence-electron chi connectivity index (χ2n) is 4.83. The van der Waals surface area contributed by atoms with E-state index in [9.17, 15) is 4.39 Å². The molecule has 1 saturated carbocycles. The molecule has 0 radical (unpaired) electrons. The van der Waals surface area contributed by atoms with Crippen LogP contribution in [0.15, 0.2) is 6.07 Å². The van der Waals surface area contributed by atoms with Gasteiger partial charge in [-0.1, -0.05) is 24.4 Å². The van der Waals surface area contributed by atoms with E-state index in [1.54, 1.807) is 13.0 Å². The van der Waals surface area contributed by atoms with Gasteiger partial charge in [0.15, 0.2) is 0 Å². The van der Waals surface area contributed by atoms with E-state index in [1.165, 1.54) is 0 Å². The molecule has 1 aliphatic rings. The molecular weight excluding hydrogens is 225 g/mol. The van der Waals surface area contributed by atoms with Crippen LogP contribution < -0.4 is 5.73 Å². The average Bonchev–Trinajstić information content (AvgIpc) is 2.68. The lowest BCUT2D eigenvalue weighted by molar-refractivity contribution is 0.454. The molecule has 0 amide bonds. The van der Waals surface area contributed by atoms with Gasteiger partial charge in [0.05, 0.1) is 0 Å². The normalized spacial score (nSPS) is 19.1. The van der Waals surface area contributed by atoms with E-state index in [1.807, 2.05) is 6.92 Å². The molecule has 0 heterocycles. The molecule has 1 fully saturated rings. The Morgan fingerprint density at radius 2 is 1.81 bits per heavy atom. The van der Waals surface area contributed by atoms with Crippen molar-refractivity contribution in [2.24, 2.45) is 5.73 Å². The Labute approximate surface area is 101 Å². The first-order valence-corrected chi connectivity index (χ1v) is 6.08. The second kappa shape index (κ2) is 4.01. The monoisotopic (exact) mass is 241 g/mol. The number of halogens is 2. The van der Waals surface area contributed by atoms with Crippen LogP contribution in [0, 0.1) is 19.7 Å². The van der Waals surface area contributed by atoms with E-state index >= 15 is 0 Å². The highest BCUT2D eigenvalue weighted by Crippen LogP contribution is 2.40. The third-order valence-corrected chi connectivity index (χ3v) is 4.29. The first-order valence-electron chi connectivity index (χ1n) is 5.70. The minimum Gasteiger partial charge on any atom is -0.321 e. The highest BCUT2D eigenvalue weighted by Gasteiger charge is 2.33. The van der Waals surface area contributed by atoms with Crippen LogP contribution in [-0.2, 0) is 5.54 Å². The van der Waals surface area contributed by atoms with Gasteiger partial charge in [-0.25, -0.2) is 4.39 Å². The highest BCUT2D eigenvalue weighted by atomic mass is 35.5. The predicted octanol–water partition coefficient (Wildman–Crippen LogP) is 3.82. The maximum Gasteiger partial charge on any atom is 0.127 e. The SMILES string of the molecule is Cc1c(F)cc(C2(N)CCCC2)c(C)c1Cl. The van der Waals surface area contributed by atoms with Crippen LogP contribution in [0.3, 0.4) is 0 Å². The molecule has 0 atom stereocenters. The van der Waals surface area contributed by atoms with Gasteiger partial charge in [0, 0.05) is 16.1 Å². The van der Waals surface area contributed by atoms with Crippen molar-refractivity contribution in [3.8, 4) is 0 Å². The third-order valence-electron chi connectivity index (χ3n) is 3.72. The standard InChI is InChI=1S/C13H17ClFN/c1-8-10(13(16)5-3-4-6-13)7-11(15)9(2)12(8)14/h7H,3-6,16H2,1-2H3. The molecule has 2 rings (SSSR count). The van der Waals surface area contributed by atoms with Gasteiger partial charge in [0.2, 0.25) is 0 Å². The van der Waals surface area contributed by atoms with Crippen LogP contribution in [0.5, 0.6) is 0 Å². The Morgan fingerprint density at radius 1 is 1.25 bits per heavy atom. The summed E-state index contributed by atoms with van der Waals surface area (Å²) in [6.45, 7) is 3.63. The molecule has 16 heavy (non-hydrogen) atoms. The number of nitrogens with two attached hydrogens (primary N) is 1. The van der Waals surface area contributed by atoms with E-state index in [0.29, 0.717) is 10.6 Å². The summed E-state index contributed by atoms with van der Waals surface area (Å²) in [6.07, 6.45) is 4.07. The van der Waals surface area contributed by atoms with E-state index in [-0.39, 0.29) is 11.4 Å². The fourth-order valence-corrected chi connectivity index (χ4v) is 2.83. The van der Waals surface area contributed by atoms with Crippen LogP contribution >= 0.6 is 11.6 Å². The Balaban J connectivity index is 2.57. The Hall–Kier alpha value is -0.600. The van der Waals surface area contributed by atoms with Gasteiger partial charge in [0.25, 0.3) is 0 Å². The highest BCUT2D eigenvalue weighted by molar-refractivity contribution is 6.32. The largest absolute Gasteiger partial charge is 0.321 e. The number of hydrogen-bond donors (Lipinski definition) is 1. The van der Waals surface area contributed by atoms with Gasteiger partial charge in [-0.15, -0.1) is 0 Å². The maximum absolute atomic E-state index is 13.7. The quantitative estimate of drug-likeness (QED) is 0.795. The zero-order valence-corrected chi connectivity index (χ0v) is 10.5. The minimum absolute atomic E-state index is 0.248. The topological polar surface area (TPSA) is 26.0 Å². The summed E-state index contributed by atoms with van der Waals surface area (Å²) in [6, 6.07) is 1.57. The minimum atomic E-state index is -0.373. The van der Waals surface area contributed by atoms with Gasteiger partial charge in [-0.3, -0.25) is 0 Å². The van der Waals surface area contributed by atoms with E-state index < -0.39 is 0 Å². The van der Waals surface area contributed by atoms with E-state index in [4.69, 9.17) is 17.3 Å². The van der Waals surface area contributed by atoms with Crippen LogP contribution in [0.2, 0.25) is 5.02 Å². The molecule has 0 bridgehead atoms. The van der Waals surface area contributed by atoms with Gasteiger partial charge < -0.3 is 5.73 Å². The molecule has 1 aromatic carbocycles. The number of benzene rings is 1. The summed E-state index contributed by atoms with van der Waals surface area (Å²) >= 11 is 6.13. The fourth-order valence-electron chi connectivity index (χ4n) is 2.64. The van der Waals surface area contributed by atoms with Crippen LogP contribution in [0.1, 0.15) is 42.4 Å². The zero-order chi connectivity index (χ0) is 11.9. The molecule has 1 aromatic rings. The Morgan fingerprint density at radius 3 is 2.38 bits per heavy atom. The molecule has 3 heteroatoms. The number of hydrogen-bond acceptors (Lipinski definition) is 1. The summed E-state index contributed by atoms with van der Waals surface area (Å²) in [7, 11) is 0. The van der Waals surface area contributed by atoms with Crippen molar-refractivity contribution in [2.75, 3.05) is 0 Å². The zero-order valence-electron chi connectivity index (χ0n) is 9.74. The summed E-state index contributed by atoms with van der Waals surface area (Å²) < 4.78 is 13.7. The smallest absolute Gasteiger partial charge is 0.127 e. The van der Waals surface area contributed by atoms with Crippen molar-refractivity contribution >= 4 is 11.6 Å². The van der Waals surface area contributed by atoms with Gasteiger partial charge >= 0.3 is 0 Å². The second-order valence-corrected chi connectivity index (χ2v) is 5.21. The lowest BCUT2D eigenvalue weighted by Gasteiger charge is -2.27. The molecule has 1 nitrogen and oxygen atoms in total. The van der Waals surface area contributed by atoms with Crippen molar-refractivity contribution in [3.05, 3.63) is 33.6 Å². The van der Waals surface area contributed by atoms with Gasteiger partial charge in [-0.05, 0) is 43.9 Å². The third kappa shape index (κ3) is 1.74. The average molecular weight is 242 g/mol. The first kappa shape index (κ1) is 11.9. The van der Waals surface area contributed by atoms with Crippen molar-refractivity contribution < 1.29 is 4.39 Å². The van der Waals surface area contributed by atoms with Crippen LogP contribution in [0.25, 0.3) is 0 Å². The fraction of sp³-hybridized carbons (Fsp3) is 0.538. The first-order chi connectivity index (χ1) is 7.46. The van der Waals surface area contributed by atoms with E-state index in [2.05, 4.69) is 0 Å². The summed E-state index contributed by atoms with van der Waals surface area (Å²) in [5.74, 6) is -0.248. The van der Waals surface area contributed by atoms with Gasteiger partial charge in [0.1, 0.15) is 5.82 Å². The van der Waals surface area contributed by atoms with Crippen LogP contribution in [-0.4, -0.2) is 0 Å². The summed E-state index contributed by atoms with van der Waals surface area (Å²) in [4.78, 5) is 0. The predicted molar refractivity (Wildman–Crippen MR) is 65.2 cm³/mol. The van der Waals surface area contributed by atoms with Crippen molar-refractivity contribution in [1.82, 2.24) is 0 Å². The molecule has 2 N–H and O–H groups in total. The maximum atomic E-state index is 13.7. The molecule has 0 unspecified atom stereocenters. The molecule has 88 valence electrons. The summed E-state index contributed by atoms with van der Waals surface area (Å²) in [5.41, 5.74) is 8.31. The summed E-state index contributed by atoms with van der Waals surface area (Å²) in [5, 5.41) is 0.520. The van der Waals surface area contributed by atoms with Crippen molar-refractivity contribution in [2.45, 2.75) is 45.1 Å². The van der Waals surface area contributed by atoms with E-state index in [0.717, 1.165) is 36.8 Å². The molecule has 0 spiro atoms. The molecular formula is C13H17ClFN. The Bertz CT molecular complexity index is 422. The lowest BCUT2D eigenvalue weighted by Crippen LogP contribution is -2.34. The van der Waals surface area contributed by atoms with Gasteiger partial charge in [-0.2, -0.15) is 0 Å². The molecule has 0 aliphatic heterocycles. The molecule has 0 saturated heterocycles. The molecule has 1 aliphatic carbocycles. The molecule has 0 aromatic heterocycles. The number of rotatable bonds is 1. The van der Waals surface area contributed by atoms with Crippen LogP contribution in [0.4, 0.5) is 4.39 Å². The van der Waals surface area contributed by atoms with Crippen molar-refractivity contribution in [3.63, 3.8) is 0 Å². The lowest BCUT2D eigenvalue weighted by atomic mass is 9.85.